The summed E-state index contributed by atoms with van der Waals surface area (Å²) in [5, 5.41) is 9.67. The Hall–Kier alpha value is -1.35. The lowest BCUT2D eigenvalue weighted by molar-refractivity contribution is -0.132. The minimum absolute atomic E-state index is 0.0334. The van der Waals surface area contributed by atoms with E-state index < -0.39 is 0 Å². The van der Waals surface area contributed by atoms with Crippen molar-refractivity contribution in [3.8, 4) is 0 Å². The Morgan fingerprint density at radius 2 is 2.10 bits per heavy atom. The lowest BCUT2D eigenvalue weighted by atomic mass is 9.93. The number of aliphatic hydroxyl groups excluding tert-OH is 1. The third-order valence-electron chi connectivity index (χ3n) is 4.30. The molecule has 1 N–H and O–H groups in total. The van der Waals surface area contributed by atoms with Crippen molar-refractivity contribution >= 4 is 5.91 Å². The van der Waals surface area contributed by atoms with Crippen LogP contribution >= 0.6 is 0 Å². The molecule has 1 heterocycles. The van der Waals surface area contributed by atoms with Crippen molar-refractivity contribution in [1.29, 1.82) is 0 Å². The molecule has 0 unspecified atom stereocenters. The summed E-state index contributed by atoms with van der Waals surface area (Å²) in [5.41, 5.74) is 1.11. The van der Waals surface area contributed by atoms with Crippen LogP contribution in [0.25, 0.3) is 0 Å². The second kappa shape index (κ2) is 6.89. The van der Waals surface area contributed by atoms with Crippen LogP contribution < -0.4 is 0 Å². The van der Waals surface area contributed by atoms with Crippen molar-refractivity contribution in [2.24, 2.45) is 5.92 Å². The van der Waals surface area contributed by atoms with Gasteiger partial charge in [0.1, 0.15) is 0 Å². The number of hydrogen-bond donors (Lipinski definition) is 1. The molecule has 3 heteroatoms. The van der Waals surface area contributed by atoms with Crippen molar-refractivity contribution < 1.29 is 9.90 Å². The van der Waals surface area contributed by atoms with Gasteiger partial charge in [0, 0.05) is 19.0 Å². The van der Waals surface area contributed by atoms with Gasteiger partial charge in [-0.05, 0) is 25.3 Å². The standard InChI is InChI=1S/C17H25NO2/c1-3-7-16(14-8-5-4-6-9-14)17(20)18-11-10-15(12-18)13(2)19/h4-6,8-9,13,15-16,19H,3,7,10-12H2,1-2H3/t13-,15-,16-/m0/s1. The topological polar surface area (TPSA) is 40.5 Å². The highest BCUT2D eigenvalue weighted by Crippen LogP contribution is 2.28. The largest absolute Gasteiger partial charge is 0.393 e. The molecule has 0 aliphatic carbocycles. The monoisotopic (exact) mass is 275 g/mol. The molecule has 2 rings (SSSR count). The predicted octanol–water partition coefficient (Wildman–Crippen LogP) is 2.80. The van der Waals surface area contributed by atoms with E-state index in [0.29, 0.717) is 6.54 Å². The second-order valence-corrected chi connectivity index (χ2v) is 5.83. The number of hydrogen-bond acceptors (Lipinski definition) is 2. The SMILES string of the molecule is CCC[C@H](C(=O)N1CC[C@H]([C@H](C)O)C1)c1ccccc1. The smallest absolute Gasteiger partial charge is 0.230 e. The fraction of sp³-hybridized carbons (Fsp3) is 0.588. The zero-order valence-corrected chi connectivity index (χ0v) is 12.5. The number of rotatable bonds is 5. The Kier molecular flexibility index (Phi) is 5.18. The second-order valence-electron chi connectivity index (χ2n) is 5.83. The summed E-state index contributed by atoms with van der Waals surface area (Å²) < 4.78 is 0. The summed E-state index contributed by atoms with van der Waals surface area (Å²) in [6.07, 6.45) is 2.48. The quantitative estimate of drug-likeness (QED) is 0.897. The third kappa shape index (κ3) is 3.40. The molecule has 110 valence electrons. The fourth-order valence-corrected chi connectivity index (χ4v) is 3.01. The van der Waals surface area contributed by atoms with Crippen molar-refractivity contribution in [2.75, 3.05) is 13.1 Å². The van der Waals surface area contributed by atoms with Crippen LogP contribution in [0.5, 0.6) is 0 Å². The number of aliphatic hydroxyl groups is 1. The Morgan fingerprint density at radius 1 is 1.40 bits per heavy atom. The maximum Gasteiger partial charge on any atom is 0.230 e. The van der Waals surface area contributed by atoms with E-state index in [1.54, 1.807) is 0 Å². The first-order chi connectivity index (χ1) is 9.63. The molecule has 0 bridgehead atoms. The molecule has 20 heavy (non-hydrogen) atoms. The summed E-state index contributed by atoms with van der Waals surface area (Å²) in [6, 6.07) is 10.1. The van der Waals surface area contributed by atoms with Crippen LogP contribution in [0.4, 0.5) is 0 Å². The van der Waals surface area contributed by atoms with Gasteiger partial charge >= 0.3 is 0 Å². The lowest BCUT2D eigenvalue weighted by Gasteiger charge is -2.24. The molecule has 1 amide bonds. The number of benzene rings is 1. The number of carbonyl (C=O) groups excluding carboxylic acids is 1. The maximum absolute atomic E-state index is 12.7. The van der Waals surface area contributed by atoms with Crippen LogP contribution in [-0.4, -0.2) is 35.1 Å². The first kappa shape index (κ1) is 15.0. The fourth-order valence-electron chi connectivity index (χ4n) is 3.01. The molecule has 1 fully saturated rings. The van der Waals surface area contributed by atoms with E-state index in [-0.39, 0.29) is 23.8 Å². The summed E-state index contributed by atoms with van der Waals surface area (Å²) >= 11 is 0. The van der Waals surface area contributed by atoms with Gasteiger partial charge in [0.05, 0.1) is 12.0 Å². The molecule has 0 radical (unpaired) electrons. The van der Waals surface area contributed by atoms with E-state index >= 15 is 0 Å². The summed E-state index contributed by atoms with van der Waals surface area (Å²) in [5.74, 6) is 0.423. The van der Waals surface area contributed by atoms with Crippen molar-refractivity contribution in [3.63, 3.8) is 0 Å². The molecule has 0 aromatic heterocycles. The summed E-state index contributed by atoms with van der Waals surface area (Å²) in [6.45, 7) is 5.41. The highest BCUT2D eigenvalue weighted by atomic mass is 16.3. The van der Waals surface area contributed by atoms with E-state index in [2.05, 4.69) is 6.92 Å². The zero-order chi connectivity index (χ0) is 14.5. The third-order valence-corrected chi connectivity index (χ3v) is 4.30. The normalized spacial score (nSPS) is 21.8. The van der Waals surface area contributed by atoms with Crippen LogP contribution in [0.3, 0.4) is 0 Å². The first-order valence-corrected chi connectivity index (χ1v) is 7.65. The average Bonchev–Trinajstić information content (AvgIpc) is 2.95. The van der Waals surface area contributed by atoms with Crippen LogP contribution in [0, 0.1) is 5.92 Å². The molecule has 3 nitrogen and oxygen atoms in total. The number of carbonyl (C=O) groups is 1. The number of amides is 1. The van der Waals surface area contributed by atoms with Gasteiger partial charge in [-0.1, -0.05) is 43.7 Å². The van der Waals surface area contributed by atoms with Crippen molar-refractivity contribution in [2.45, 2.75) is 45.1 Å². The van der Waals surface area contributed by atoms with Gasteiger partial charge in [-0.2, -0.15) is 0 Å². The molecule has 1 aliphatic heterocycles. The molecular weight excluding hydrogens is 250 g/mol. The van der Waals surface area contributed by atoms with Gasteiger partial charge in [-0.25, -0.2) is 0 Å². The van der Waals surface area contributed by atoms with Crippen LogP contribution in [-0.2, 0) is 4.79 Å². The van der Waals surface area contributed by atoms with Crippen LogP contribution in [0.2, 0.25) is 0 Å². The molecule has 3 atom stereocenters. The van der Waals surface area contributed by atoms with E-state index in [4.69, 9.17) is 0 Å². The van der Waals surface area contributed by atoms with Crippen LogP contribution in [0.1, 0.15) is 44.6 Å². The Bertz CT molecular complexity index is 430. The van der Waals surface area contributed by atoms with Crippen molar-refractivity contribution in [3.05, 3.63) is 35.9 Å². The summed E-state index contributed by atoms with van der Waals surface area (Å²) in [4.78, 5) is 14.7. The van der Waals surface area contributed by atoms with E-state index in [1.165, 1.54) is 0 Å². The Balaban J connectivity index is 2.09. The van der Waals surface area contributed by atoms with E-state index in [9.17, 15) is 9.90 Å². The van der Waals surface area contributed by atoms with E-state index in [0.717, 1.165) is 31.4 Å². The van der Waals surface area contributed by atoms with Gasteiger partial charge in [0.25, 0.3) is 0 Å². The summed E-state index contributed by atoms with van der Waals surface area (Å²) in [7, 11) is 0. The van der Waals surface area contributed by atoms with Gasteiger partial charge < -0.3 is 10.0 Å². The Morgan fingerprint density at radius 3 is 2.65 bits per heavy atom. The molecule has 1 aliphatic rings. The molecule has 0 saturated carbocycles. The molecule has 1 aromatic carbocycles. The van der Waals surface area contributed by atoms with E-state index in [1.807, 2.05) is 42.2 Å². The van der Waals surface area contributed by atoms with Crippen LogP contribution in [0.15, 0.2) is 30.3 Å². The average molecular weight is 275 g/mol. The molecule has 1 aromatic rings. The zero-order valence-electron chi connectivity index (χ0n) is 12.5. The van der Waals surface area contributed by atoms with Gasteiger partial charge in [0.2, 0.25) is 5.91 Å². The molecule has 1 saturated heterocycles. The first-order valence-electron chi connectivity index (χ1n) is 7.65. The minimum atomic E-state index is -0.325. The molecular formula is C17H25NO2. The predicted molar refractivity (Wildman–Crippen MR) is 80.5 cm³/mol. The van der Waals surface area contributed by atoms with Gasteiger partial charge in [-0.15, -0.1) is 0 Å². The lowest BCUT2D eigenvalue weighted by Crippen LogP contribution is -2.34. The Labute approximate surface area is 121 Å². The molecule has 0 spiro atoms. The number of nitrogens with zero attached hydrogens (tertiary/aromatic N) is 1. The van der Waals surface area contributed by atoms with Gasteiger partial charge in [0.15, 0.2) is 0 Å². The highest BCUT2D eigenvalue weighted by Gasteiger charge is 2.32. The number of likely N-dealkylation sites (tertiary alicyclic amines) is 1. The maximum atomic E-state index is 12.7. The minimum Gasteiger partial charge on any atom is -0.393 e. The van der Waals surface area contributed by atoms with Gasteiger partial charge in [-0.3, -0.25) is 4.79 Å². The van der Waals surface area contributed by atoms with Crippen molar-refractivity contribution in [1.82, 2.24) is 4.90 Å². The highest BCUT2D eigenvalue weighted by molar-refractivity contribution is 5.84.